The molecule has 0 fully saturated rings. The van der Waals surface area contributed by atoms with Gasteiger partial charge in [-0.25, -0.2) is 19.9 Å². The number of imidazole rings is 1. The van der Waals surface area contributed by atoms with E-state index in [9.17, 15) is 0 Å². The molecule has 0 saturated carbocycles. The molecule has 0 unspecified atom stereocenters. The molecule has 226 valence electrons. The molecule has 5 nitrogen and oxygen atoms in total. The Morgan fingerprint density at radius 2 is 0.875 bits per heavy atom. The molecule has 0 aliphatic carbocycles. The highest BCUT2D eigenvalue weighted by Crippen LogP contribution is 2.32. The minimum absolute atomic E-state index is 0.622. The monoisotopic (exact) mass is 615 g/mol. The van der Waals surface area contributed by atoms with Gasteiger partial charge in [0, 0.05) is 27.9 Å². The van der Waals surface area contributed by atoms with Crippen LogP contribution in [-0.4, -0.2) is 24.5 Å². The lowest BCUT2D eigenvalue weighted by atomic mass is 10.1. The number of aromatic nitrogens is 5. The van der Waals surface area contributed by atoms with E-state index in [0.717, 1.165) is 55.6 Å². The molecule has 7 aromatic carbocycles. The first-order valence-corrected chi connectivity index (χ1v) is 16.1. The molecule has 0 N–H and O–H groups in total. The summed E-state index contributed by atoms with van der Waals surface area (Å²) in [4.78, 5) is 20.1. The summed E-state index contributed by atoms with van der Waals surface area (Å²) in [6.07, 6.45) is 0. The molecular formula is C43H29N5. The number of hydrogen-bond donors (Lipinski definition) is 0. The summed E-state index contributed by atoms with van der Waals surface area (Å²) in [6.45, 7) is 2.10. The smallest absolute Gasteiger partial charge is 0.164 e. The van der Waals surface area contributed by atoms with E-state index in [-0.39, 0.29) is 0 Å². The molecule has 0 saturated heterocycles. The normalized spacial score (nSPS) is 11.4. The Bertz CT molecular complexity index is 2520. The van der Waals surface area contributed by atoms with Crippen molar-refractivity contribution >= 4 is 32.6 Å². The second-order valence-electron chi connectivity index (χ2n) is 12.1. The maximum absolute atomic E-state index is 5.04. The zero-order chi connectivity index (χ0) is 32.0. The number of fused-ring (bicyclic) bond motifs is 3. The van der Waals surface area contributed by atoms with Gasteiger partial charge < -0.3 is 0 Å². The minimum Gasteiger partial charge on any atom is -0.292 e. The van der Waals surface area contributed by atoms with Crippen LogP contribution in [0, 0.1) is 6.92 Å². The van der Waals surface area contributed by atoms with E-state index in [4.69, 9.17) is 19.9 Å². The number of nitrogens with zero attached hydrogens (tertiary/aromatic N) is 5. The van der Waals surface area contributed by atoms with E-state index in [2.05, 4.69) is 163 Å². The number of para-hydroxylation sites is 2. The van der Waals surface area contributed by atoms with Crippen LogP contribution < -0.4 is 0 Å². The molecule has 0 aliphatic heterocycles. The SMILES string of the molecule is Cc1ccc(-c2nc3ccccc3n2-c2ccc(-c3nc(-c4ccc5ccccc5c4)nc(-c4ccc5ccccc5c4)n3)cc2)cc1. The molecule has 0 spiro atoms. The summed E-state index contributed by atoms with van der Waals surface area (Å²) in [5.41, 5.74) is 8.11. The van der Waals surface area contributed by atoms with Crippen LogP contribution in [0.3, 0.4) is 0 Å². The van der Waals surface area contributed by atoms with Crippen molar-refractivity contribution in [3.05, 3.63) is 163 Å². The van der Waals surface area contributed by atoms with Gasteiger partial charge >= 0.3 is 0 Å². The van der Waals surface area contributed by atoms with Crippen molar-refractivity contribution in [2.75, 3.05) is 0 Å². The van der Waals surface area contributed by atoms with Gasteiger partial charge in [0.1, 0.15) is 5.82 Å². The molecule has 48 heavy (non-hydrogen) atoms. The highest BCUT2D eigenvalue weighted by Gasteiger charge is 2.16. The fourth-order valence-corrected chi connectivity index (χ4v) is 6.36. The lowest BCUT2D eigenvalue weighted by Crippen LogP contribution is -2.01. The van der Waals surface area contributed by atoms with Crippen molar-refractivity contribution in [3.63, 3.8) is 0 Å². The molecule has 0 radical (unpaired) electrons. The largest absolute Gasteiger partial charge is 0.292 e. The Morgan fingerprint density at radius 3 is 1.48 bits per heavy atom. The topological polar surface area (TPSA) is 56.5 Å². The van der Waals surface area contributed by atoms with E-state index < -0.39 is 0 Å². The van der Waals surface area contributed by atoms with Gasteiger partial charge in [0.2, 0.25) is 0 Å². The van der Waals surface area contributed by atoms with Gasteiger partial charge in [0.25, 0.3) is 0 Å². The Labute approximate surface area is 277 Å². The first-order valence-electron chi connectivity index (χ1n) is 16.1. The standard InChI is InChI=1S/C43H29N5/c1-28-14-16-32(17-15-28)43-44-38-12-6-7-13-39(38)48(43)37-24-22-31(23-25-37)40-45-41(35-20-18-29-8-2-4-10-33(29)26-35)47-42(46-40)36-21-19-30-9-3-5-11-34(30)27-36/h2-27H,1H3. The number of aryl methyl sites for hydroxylation is 1. The van der Waals surface area contributed by atoms with Gasteiger partial charge in [-0.1, -0.05) is 115 Å². The van der Waals surface area contributed by atoms with Crippen LogP contribution in [0.2, 0.25) is 0 Å². The molecular weight excluding hydrogens is 587 g/mol. The van der Waals surface area contributed by atoms with Crippen LogP contribution in [0.5, 0.6) is 0 Å². The maximum Gasteiger partial charge on any atom is 0.164 e. The summed E-state index contributed by atoms with van der Waals surface area (Å²) < 4.78 is 2.22. The molecule has 2 aromatic heterocycles. The summed E-state index contributed by atoms with van der Waals surface area (Å²) in [6, 6.07) is 54.6. The van der Waals surface area contributed by atoms with Crippen LogP contribution in [0.15, 0.2) is 158 Å². The minimum atomic E-state index is 0.622. The molecule has 0 aliphatic rings. The van der Waals surface area contributed by atoms with Crippen molar-refractivity contribution in [1.29, 1.82) is 0 Å². The molecule has 9 aromatic rings. The first-order chi connectivity index (χ1) is 23.7. The van der Waals surface area contributed by atoms with Crippen molar-refractivity contribution in [1.82, 2.24) is 24.5 Å². The second kappa shape index (κ2) is 11.4. The molecule has 2 heterocycles. The van der Waals surface area contributed by atoms with E-state index in [1.807, 2.05) is 6.07 Å². The van der Waals surface area contributed by atoms with Crippen molar-refractivity contribution < 1.29 is 0 Å². The van der Waals surface area contributed by atoms with E-state index in [1.54, 1.807) is 0 Å². The zero-order valence-corrected chi connectivity index (χ0v) is 26.2. The van der Waals surface area contributed by atoms with E-state index in [1.165, 1.54) is 16.3 Å². The molecule has 9 rings (SSSR count). The fraction of sp³-hybridized carbons (Fsp3) is 0.0233. The fourth-order valence-electron chi connectivity index (χ4n) is 6.36. The average Bonchev–Trinajstić information content (AvgIpc) is 3.54. The lowest BCUT2D eigenvalue weighted by Gasteiger charge is -2.12. The molecule has 0 atom stereocenters. The third-order valence-corrected chi connectivity index (χ3v) is 8.90. The third-order valence-electron chi connectivity index (χ3n) is 8.90. The Balaban J connectivity index is 1.18. The van der Waals surface area contributed by atoms with Crippen LogP contribution in [-0.2, 0) is 0 Å². The van der Waals surface area contributed by atoms with Gasteiger partial charge in [0.05, 0.1) is 11.0 Å². The van der Waals surface area contributed by atoms with Crippen molar-refractivity contribution in [2.24, 2.45) is 0 Å². The van der Waals surface area contributed by atoms with Crippen LogP contribution in [0.25, 0.3) is 83.8 Å². The van der Waals surface area contributed by atoms with Crippen LogP contribution in [0.4, 0.5) is 0 Å². The van der Waals surface area contributed by atoms with Crippen molar-refractivity contribution in [3.8, 4) is 51.2 Å². The predicted molar refractivity (Wildman–Crippen MR) is 196 cm³/mol. The Kier molecular flexibility index (Phi) is 6.61. The number of hydrogen-bond acceptors (Lipinski definition) is 4. The summed E-state index contributed by atoms with van der Waals surface area (Å²) in [5.74, 6) is 2.80. The van der Waals surface area contributed by atoms with Gasteiger partial charge in [-0.3, -0.25) is 4.57 Å². The third kappa shape index (κ3) is 4.99. The quantitative estimate of drug-likeness (QED) is 0.193. The molecule has 5 heteroatoms. The van der Waals surface area contributed by atoms with Gasteiger partial charge in [-0.2, -0.15) is 0 Å². The highest BCUT2D eigenvalue weighted by molar-refractivity contribution is 5.88. The van der Waals surface area contributed by atoms with E-state index in [0.29, 0.717) is 17.5 Å². The highest BCUT2D eigenvalue weighted by atomic mass is 15.1. The van der Waals surface area contributed by atoms with E-state index >= 15 is 0 Å². The Morgan fingerprint density at radius 1 is 0.396 bits per heavy atom. The average molecular weight is 616 g/mol. The van der Waals surface area contributed by atoms with Gasteiger partial charge in [0.15, 0.2) is 17.5 Å². The second-order valence-corrected chi connectivity index (χ2v) is 12.1. The van der Waals surface area contributed by atoms with Gasteiger partial charge in [-0.15, -0.1) is 0 Å². The van der Waals surface area contributed by atoms with Crippen molar-refractivity contribution in [2.45, 2.75) is 6.92 Å². The summed E-state index contributed by atoms with van der Waals surface area (Å²) in [5, 5.41) is 4.65. The summed E-state index contributed by atoms with van der Waals surface area (Å²) >= 11 is 0. The van der Waals surface area contributed by atoms with Crippen LogP contribution in [0.1, 0.15) is 5.56 Å². The molecule has 0 bridgehead atoms. The Hall–Kier alpha value is -6.46. The van der Waals surface area contributed by atoms with Gasteiger partial charge in [-0.05, 0) is 77.0 Å². The molecule has 0 amide bonds. The zero-order valence-electron chi connectivity index (χ0n) is 26.2. The first kappa shape index (κ1) is 27.8. The number of benzene rings is 7. The maximum atomic E-state index is 5.04. The van der Waals surface area contributed by atoms with Crippen LogP contribution >= 0.6 is 0 Å². The summed E-state index contributed by atoms with van der Waals surface area (Å²) in [7, 11) is 0. The number of rotatable bonds is 5. The lowest BCUT2D eigenvalue weighted by molar-refractivity contribution is 1.07. The predicted octanol–water partition coefficient (Wildman–Crippen LogP) is 10.5.